The van der Waals surface area contributed by atoms with E-state index in [2.05, 4.69) is 19.2 Å². The van der Waals surface area contributed by atoms with Crippen molar-refractivity contribution in [2.75, 3.05) is 5.75 Å². The summed E-state index contributed by atoms with van der Waals surface area (Å²) in [5, 5.41) is 3.41. The van der Waals surface area contributed by atoms with E-state index >= 15 is 0 Å². The topological polar surface area (TPSA) is 46.2 Å². The van der Waals surface area contributed by atoms with Crippen LogP contribution in [0, 0.1) is 0 Å². The van der Waals surface area contributed by atoms with Crippen LogP contribution in [0.25, 0.3) is 0 Å². The summed E-state index contributed by atoms with van der Waals surface area (Å²) in [5.74, 6) is 0.195. The standard InChI is InChI=1S/C13H19NO2S/c1-3-6-10(2)14-12-9-17(15,16)13-8-5-4-7-11(12)13/h4-5,7-8,10,12,14H,3,6,9H2,1-2H3. The summed E-state index contributed by atoms with van der Waals surface area (Å²) in [5.41, 5.74) is 0.926. The summed E-state index contributed by atoms with van der Waals surface area (Å²) in [7, 11) is -3.08. The van der Waals surface area contributed by atoms with Crippen LogP contribution in [0.2, 0.25) is 0 Å². The van der Waals surface area contributed by atoms with Gasteiger partial charge in [-0.2, -0.15) is 0 Å². The zero-order valence-electron chi connectivity index (χ0n) is 10.3. The Hall–Kier alpha value is -0.870. The molecule has 94 valence electrons. The summed E-state index contributed by atoms with van der Waals surface area (Å²) >= 11 is 0. The molecule has 1 N–H and O–H groups in total. The number of fused-ring (bicyclic) bond motifs is 1. The maximum atomic E-state index is 12.0. The average Bonchev–Trinajstić information content (AvgIpc) is 2.52. The Bertz CT molecular complexity index is 496. The lowest BCUT2D eigenvalue weighted by Crippen LogP contribution is -2.31. The first-order valence-electron chi connectivity index (χ1n) is 6.12. The minimum absolute atomic E-state index is 0.0438. The average molecular weight is 253 g/mol. The van der Waals surface area contributed by atoms with Gasteiger partial charge in [0.1, 0.15) is 0 Å². The molecule has 0 spiro atoms. The predicted molar refractivity (Wildman–Crippen MR) is 68.7 cm³/mol. The van der Waals surface area contributed by atoms with Crippen LogP contribution in [0.3, 0.4) is 0 Å². The Morgan fingerprint density at radius 3 is 2.82 bits per heavy atom. The highest BCUT2D eigenvalue weighted by atomic mass is 32.2. The van der Waals surface area contributed by atoms with Gasteiger partial charge in [-0.15, -0.1) is 0 Å². The minimum atomic E-state index is -3.08. The van der Waals surface area contributed by atoms with Crippen molar-refractivity contribution in [1.82, 2.24) is 5.32 Å². The molecule has 0 aromatic heterocycles. The lowest BCUT2D eigenvalue weighted by atomic mass is 10.1. The van der Waals surface area contributed by atoms with Gasteiger partial charge in [-0.05, 0) is 25.0 Å². The molecular formula is C13H19NO2S. The Labute approximate surface area is 103 Å². The van der Waals surface area contributed by atoms with E-state index in [9.17, 15) is 8.42 Å². The minimum Gasteiger partial charge on any atom is -0.307 e. The molecule has 1 aromatic rings. The third-order valence-electron chi connectivity index (χ3n) is 3.22. The fraction of sp³-hybridized carbons (Fsp3) is 0.538. The number of benzene rings is 1. The molecule has 4 heteroatoms. The van der Waals surface area contributed by atoms with Crippen molar-refractivity contribution >= 4 is 9.84 Å². The first-order chi connectivity index (χ1) is 8.04. The zero-order valence-corrected chi connectivity index (χ0v) is 11.1. The molecule has 2 unspecified atom stereocenters. The van der Waals surface area contributed by atoms with E-state index in [1.807, 2.05) is 12.1 Å². The third-order valence-corrected chi connectivity index (χ3v) is 5.04. The first kappa shape index (κ1) is 12.6. The van der Waals surface area contributed by atoms with Crippen LogP contribution in [-0.4, -0.2) is 20.2 Å². The molecule has 0 fully saturated rings. The summed E-state index contributed by atoms with van der Waals surface area (Å²) in [6.45, 7) is 4.24. The second-order valence-electron chi connectivity index (χ2n) is 4.73. The molecular weight excluding hydrogens is 234 g/mol. The van der Waals surface area contributed by atoms with Crippen LogP contribution in [0.1, 0.15) is 38.3 Å². The molecule has 2 atom stereocenters. The molecule has 0 amide bonds. The van der Waals surface area contributed by atoms with Crippen molar-refractivity contribution in [1.29, 1.82) is 0 Å². The molecule has 2 rings (SSSR count). The molecule has 0 aliphatic carbocycles. The van der Waals surface area contributed by atoms with Crippen molar-refractivity contribution < 1.29 is 8.42 Å². The summed E-state index contributed by atoms with van der Waals surface area (Å²) in [4.78, 5) is 0.501. The smallest absolute Gasteiger partial charge is 0.180 e. The van der Waals surface area contributed by atoms with Crippen LogP contribution in [0.5, 0.6) is 0 Å². The fourth-order valence-corrected chi connectivity index (χ4v) is 4.20. The molecule has 1 heterocycles. The maximum Gasteiger partial charge on any atom is 0.180 e. The second-order valence-corrected chi connectivity index (χ2v) is 6.73. The Balaban J connectivity index is 2.23. The van der Waals surface area contributed by atoms with Crippen molar-refractivity contribution in [2.24, 2.45) is 0 Å². The van der Waals surface area contributed by atoms with Crippen LogP contribution in [0.4, 0.5) is 0 Å². The maximum absolute atomic E-state index is 12.0. The van der Waals surface area contributed by atoms with Gasteiger partial charge in [0.25, 0.3) is 0 Å². The van der Waals surface area contributed by atoms with Crippen LogP contribution >= 0.6 is 0 Å². The van der Waals surface area contributed by atoms with Crippen molar-refractivity contribution in [3.63, 3.8) is 0 Å². The van der Waals surface area contributed by atoms with Gasteiger partial charge in [-0.25, -0.2) is 8.42 Å². The first-order valence-corrected chi connectivity index (χ1v) is 7.77. The third kappa shape index (κ3) is 2.53. The van der Waals surface area contributed by atoms with Gasteiger partial charge in [0.2, 0.25) is 0 Å². The van der Waals surface area contributed by atoms with E-state index in [1.165, 1.54) is 0 Å². The summed E-state index contributed by atoms with van der Waals surface area (Å²) in [6, 6.07) is 7.62. The predicted octanol–water partition coefficient (Wildman–Crippen LogP) is 2.29. The summed E-state index contributed by atoms with van der Waals surface area (Å²) < 4.78 is 23.9. The molecule has 0 saturated carbocycles. The van der Waals surface area contributed by atoms with E-state index in [0.29, 0.717) is 10.9 Å². The largest absolute Gasteiger partial charge is 0.307 e. The van der Waals surface area contributed by atoms with Crippen molar-refractivity contribution in [2.45, 2.75) is 43.7 Å². The lowest BCUT2D eigenvalue weighted by molar-refractivity contribution is 0.455. The highest BCUT2D eigenvalue weighted by Gasteiger charge is 2.34. The van der Waals surface area contributed by atoms with Gasteiger partial charge < -0.3 is 5.32 Å². The Morgan fingerprint density at radius 1 is 1.41 bits per heavy atom. The number of hydrogen-bond acceptors (Lipinski definition) is 3. The summed E-state index contributed by atoms with van der Waals surface area (Å²) in [6.07, 6.45) is 2.17. The molecule has 3 nitrogen and oxygen atoms in total. The van der Waals surface area contributed by atoms with Gasteiger partial charge in [0, 0.05) is 12.1 Å². The van der Waals surface area contributed by atoms with E-state index in [-0.39, 0.29) is 11.8 Å². The zero-order chi connectivity index (χ0) is 12.5. The monoisotopic (exact) mass is 253 g/mol. The fourth-order valence-electron chi connectivity index (χ4n) is 2.45. The van der Waals surface area contributed by atoms with Gasteiger partial charge in [0.15, 0.2) is 9.84 Å². The molecule has 1 aromatic carbocycles. The van der Waals surface area contributed by atoms with Gasteiger partial charge in [0.05, 0.1) is 10.6 Å². The molecule has 1 aliphatic rings. The second kappa shape index (κ2) is 4.78. The molecule has 0 bridgehead atoms. The van der Waals surface area contributed by atoms with Crippen molar-refractivity contribution in [3.05, 3.63) is 29.8 Å². The van der Waals surface area contributed by atoms with Gasteiger partial charge >= 0.3 is 0 Å². The molecule has 0 saturated heterocycles. The highest BCUT2D eigenvalue weighted by Crippen LogP contribution is 2.33. The number of hydrogen-bond donors (Lipinski definition) is 1. The van der Waals surface area contributed by atoms with E-state index < -0.39 is 9.84 Å². The molecule has 17 heavy (non-hydrogen) atoms. The van der Waals surface area contributed by atoms with Crippen LogP contribution < -0.4 is 5.32 Å². The van der Waals surface area contributed by atoms with Crippen LogP contribution in [-0.2, 0) is 9.84 Å². The number of sulfone groups is 1. The number of nitrogens with one attached hydrogen (secondary N) is 1. The molecule has 1 aliphatic heterocycles. The normalized spacial score (nSPS) is 23.3. The lowest BCUT2D eigenvalue weighted by Gasteiger charge is -2.18. The van der Waals surface area contributed by atoms with Gasteiger partial charge in [-0.1, -0.05) is 31.5 Å². The quantitative estimate of drug-likeness (QED) is 0.895. The van der Waals surface area contributed by atoms with E-state index in [4.69, 9.17) is 0 Å². The highest BCUT2D eigenvalue weighted by molar-refractivity contribution is 7.91. The van der Waals surface area contributed by atoms with E-state index in [1.54, 1.807) is 12.1 Å². The van der Waals surface area contributed by atoms with E-state index in [0.717, 1.165) is 18.4 Å². The van der Waals surface area contributed by atoms with Crippen molar-refractivity contribution in [3.8, 4) is 0 Å². The van der Waals surface area contributed by atoms with Crippen LogP contribution in [0.15, 0.2) is 29.2 Å². The Kier molecular flexibility index (Phi) is 3.54. The number of rotatable bonds is 4. The SMILES string of the molecule is CCCC(C)NC1CS(=O)(=O)c2ccccc21. The van der Waals surface area contributed by atoms with Gasteiger partial charge in [-0.3, -0.25) is 0 Å². The Morgan fingerprint density at radius 2 is 2.12 bits per heavy atom. The molecule has 0 radical (unpaired) electrons.